The lowest BCUT2D eigenvalue weighted by Crippen LogP contribution is -2.42. The van der Waals surface area contributed by atoms with E-state index < -0.39 is 5.60 Å². The Kier molecular flexibility index (Phi) is 4.41. The van der Waals surface area contributed by atoms with E-state index in [1.165, 1.54) is 19.3 Å². The van der Waals surface area contributed by atoms with Crippen molar-refractivity contribution in [2.24, 2.45) is 5.92 Å². The van der Waals surface area contributed by atoms with E-state index >= 15 is 0 Å². The van der Waals surface area contributed by atoms with Gasteiger partial charge in [-0.05, 0) is 17.9 Å². The van der Waals surface area contributed by atoms with Gasteiger partial charge in [-0.3, -0.25) is 4.79 Å². The van der Waals surface area contributed by atoms with Crippen LogP contribution in [0.3, 0.4) is 0 Å². The van der Waals surface area contributed by atoms with E-state index in [0.717, 1.165) is 18.4 Å². The quantitative estimate of drug-likeness (QED) is 0.791. The normalized spacial score (nSPS) is 23.4. The fraction of sp³-hybridized carbons (Fsp3) is 0.588. The van der Waals surface area contributed by atoms with E-state index in [1.807, 2.05) is 31.2 Å². The summed E-state index contributed by atoms with van der Waals surface area (Å²) in [6.45, 7) is 4.20. The molecule has 1 aromatic rings. The summed E-state index contributed by atoms with van der Waals surface area (Å²) in [6.07, 6.45) is 6.15. The molecule has 2 rings (SSSR count). The molecule has 0 spiro atoms. The minimum absolute atomic E-state index is 0.0317. The predicted molar refractivity (Wildman–Crippen MR) is 77.3 cm³/mol. The Morgan fingerprint density at radius 1 is 1.26 bits per heavy atom. The first-order chi connectivity index (χ1) is 9.09. The van der Waals surface area contributed by atoms with Crippen molar-refractivity contribution >= 4 is 5.78 Å². The molecule has 2 atom stereocenters. The lowest BCUT2D eigenvalue weighted by atomic mass is 9.82. The predicted octanol–water partition coefficient (Wildman–Crippen LogP) is 3.76. The maximum absolute atomic E-state index is 12.4. The van der Waals surface area contributed by atoms with Gasteiger partial charge in [0, 0.05) is 12.0 Å². The number of hydrogen-bond donors (Lipinski definition) is 1. The Bertz CT molecular complexity index is 452. The average molecular weight is 260 g/mol. The van der Waals surface area contributed by atoms with E-state index in [1.54, 1.807) is 0 Å². The summed E-state index contributed by atoms with van der Waals surface area (Å²) < 4.78 is 0. The summed E-state index contributed by atoms with van der Waals surface area (Å²) in [5.74, 6) is -0.0460. The second-order valence-corrected chi connectivity index (χ2v) is 5.84. The lowest BCUT2D eigenvalue weighted by Gasteiger charge is -2.28. The summed E-state index contributed by atoms with van der Waals surface area (Å²) in [5, 5.41) is 10.8. The molecule has 2 nitrogen and oxygen atoms in total. The van der Waals surface area contributed by atoms with Crippen LogP contribution in [0.2, 0.25) is 0 Å². The summed E-state index contributed by atoms with van der Waals surface area (Å²) in [5.41, 5.74) is 0.538. The fourth-order valence-electron chi connectivity index (χ4n) is 3.01. The Morgan fingerprint density at radius 2 is 2.00 bits per heavy atom. The Labute approximate surface area is 115 Å². The van der Waals surface area contributed by atoms with Crippen molar-refractivity contribution in [3.05, 3.63) is 35.4 Å². The van der Waals surface area contributed by atoms with Crippen LogP contribution in [0.4, 0.5) is 0 Å². The van der Waals surface area contributed by atoms with Crippen LogP contribution in [-0.4, -0.2) is 16.5 Å². The molecule has 1 aromatic carbocycles. The summed E-state index contributed by atoms with van der Waals surface area (Å²) in [4.78, 5) is 12.4. The highest BCUT2D eigenvalue weighted by Crippen LogP contribution is 2.37. The number of Topliss-reactive ketones (excluding diaryl/α,β-unsaturated/α-hetero) is 1. The van der Waals surface area contributed by atoms with Crippen molar-refractivity contribution in [3.8, 4) is 0 Å². The highest BCUT2D eigenvalue weighted by atomic mass is 16.3. The van der Waals surface area contributed by atoms with Gasteiger partial charge < -0.3 is 5.11 Å². The zero-order valence-corrected chi connectivity index (χ0v) is 12.0. The van der Waals surface area contributed by atoms with Gasteiger partial charge in [-0.2, -0.15) is 0 Å². The van der Waals surface area contributed by atoms with Gasteiger partial charge in [0.1, 0.15) is 5.60 Å². The molecule has 2 unspecified atom stereocenters. The molecular formula is C17H24O2. The molecule has 1 aliphatic rings. The number of fused-ring (bicyclic) bond motifs is 1. The van der Waals surface area contributed by atoms with Gasteiger partial charge in [0.25, 0.3) is 0 Å². The maximum atomic E-state index is 12.4. The number of unbranched alkanes of at least 4 members (excludes halogenated alkanes) is 3. The van der Waals surface area contributed by atoms with Gasteiger partial charge in [-0.1, -0.05) is 63.8 Å². The molecule has 1 aliphatic carbocycles. The van der Waals surface area contributed by atoms with Crippen molar-refractivity contribution < 1.29 is 9.90 Å². The molecule has 0 saturated heterocycles. The SMILES string of the molecule is CCCCCCC(C)C1(O)Cc2ccccc2C1=O. The molecule has 0 aromatic heterocycles. The number of rotatable bonds is 6. The number of ketones is 1. The van der Waals surface area contributed by atoms with Crippen LogP contribution < -0.4 is 0 Å². The molecule has 0 aliphatic heterocycles. The number of benzene rings is 1. The van der Waals surface area contributed by atoms with Crippen LogP contribution in [0.25, 0.3) is 0 Å². The van der Waals surface area contributed by atoms with Crippen LogP contribution in [0.15, 0.2) is 24.3 Å². The van der Waals surface area contributed by atoms with E-state index in [9.17, 15) is 9.90 Å². The second kappa shape index (κ2) is 5.87. The van der Waals surface area contributed by atoms with Gasteiger partial charge in [-0.15, -0.1) is 0 Å². The molecule has 2 heteroatoms. The minimum Gasteiger partial charge on any atom is -0.381 e. The molecule has 104 valence electrons. The van der Waals surface area contributed by atoms with Crippen molar-refractivity contribution in [1.29, 1.82) is 0 Å². The minimum atomic E-state index is -1.17. The average Bonchev–Trinajstić information content (AvgIpc) is 2.68. The van der Waals surface area contributed by atoms with E-state index in [4.69, 9.17) is 0 Å². The van der Waals surface area contributed by atoms with Gasteiger partial charge in [0.2, 0.25) is 0 Å². The molecule has 0 heterocycles. The highest BCUT2D eigenvalue weighted by Gasteiger charge is 2.47. The molecule has 0 saturated carbocycles. The second-order valence-electron chi connectivity index (χ2n) is 5.84. The maximum Gasteiger partial charge on any atom is 0.195 e. The largest absolute Gasteiger partial charge is 0.381 e. The van der Waals surface area contributed by atoms with Gasteiger partial charge in [0.15, 0.2) is 5.78 Å². The molecule has 0 amide bonds. The fourth-order valence-corrected chi connectivity index (χ4v) is 3.01. The summed E-state index contributed by atoms with van der Waals surface area (Å²) >= 11 is 0. The van der Waals surface area contributed by atoms with Crippen LogP contribution in [-0.2, 0) is 6.42 Å². The van der Waals surface area contributed by atoms with E-state index in [0.29, 0.717) is 12.0 Å². The monoisotopic (exact) mass is 260 g/mol. The van der Waals surface area contributed by atoms with Gasteiger partial charge in [-0.25, -0.2) is 0 Å². The smallest absolute Gasteiger partial charge is 0.195 e. The van der Waals surface area contributed by atoms with Crippen LogP contribution >= 0.6 is 0 Å². The Morgan fingerprint density at radius 3 is 2.68 bits per heavy atom. The van der Waals surface area contributed by atoms with E-state index in [-0.39, 0.29) is 11.7 Å². The van der Waals surface area contributed by atoms with Gasteiger partial charge >= 0.3 is 0 Å². The first-order valence-corrected chi connectivity index (χ1v) is 7.44. The lowest BCUT2D eigenvalue weighted by molar-refractivity contribution is 0.00450. The topological polar surface area (TPSA) is 37.3 Å². The first-order valence-electron chi connectivity index (χ1n) is 7.44. The van der Waals surface area contributed by atoms with E-state index in [2.05, 4.69) is 6.92 Å². The van der Waals surface area contributed by atoms with Crippen LogP contribution in [0, 0.1) is 5.92 Å². The molecule has 0 bridgehead atoms. The zero-order valence-electron chi connectivity index (χ0n) is 12.0. The molecule has 19 heavy (non-hydrogen) atoms. The third-order valence-corrected chi connectivity index (χ3v) is 4.42. The zero-order chi connectivity index (χ0) is 13.9. The van der Waals surface area contributed by atoms with Crippen molar-refractivity contribution in [2.45, 2.75) is 58.0 Å². The highest BCUT2D eigenvalue weighted by molar-refractivity contribution is 6.06. The molecule has 1 N–H and O–H groups in total. The number of carbonyl (C=O) groups excluding carboxylic acids is 1. The number of hydrogen-bond acceptors (Lipinski definition) is 2. The number of aliphatic hydroxyl groups is 1. The molecule has 0 radical (unpaired) electrons. The molecular weight excluding hydrogens is 236 g/mol. The Hall–Kier alpha value is -1.15. The van der Waals surface area contributed by atoms with Gasteiger partial charge in [0.05, 0.1) is 0 Å². The summed E-state index contributed by atoms with van der Waals surface area (Å²) in [7, 11) is 0. The van der Waals surface area contributed by atoms with Crippen LogP contribution in [0.5, 0.6) is 0 Å². The third kappa shape index (κ3) is 2.74. The first kappa shape index (κ1) is 14.3. The molecule has 0 fully saturated rings. The standard InChI is InChI=1S/C17H24O2/c1-3-4-5-6-9-13(2)17(19)12-14-10-7-8-11-15(14)16(17)18/h7-8,10-11,13,19H,3-6,9,12H2,1-2H3. The third-order valence-electron chi connectivity index (χ3n) is 4.42. The van der Waals surface area contributed by atoms with Crippen molar-refractivity contribution in [3.63, 3.8) is 0 Å². The Balaban J connectivity index is 2.02. The van der Waals surface area contributed by atoms with Crippen LogP contribution in [0.1, 0.15) is 61.9 Å². The summed E-state index contributed by atoms with van der Waals surface area (Å²) in [6, 6.07) is 7.59. The number of carbonyl (C=O) groups is 1. The van der Waals surface area contributed by atoms with Crippen molar-refractivity contribution in [1.82, 2.24) is 0 Å². The van der Waals surface area contributed by atoms with Crippen molar-refractivity contribution in [2.75, 3.05) is 0 Å².